The first-order valence-corrected chi connectivity index (χ1v) is 14.9. The second-order valence-electron chi connectivity index (χ2n) is 10.8. The highest BCUT2D eigenvalue weighted by Crippen LogP contribution is 2.20. The Bertz CT molecular complexity index is 1330. The number of benzene rings is 2. The minimum Gasteiger partial charge on any atom is -0.454 e. The highest BCUT2D eigenvalue weighted by atomic mass is 19.4. The summed E-state index contributed by atoms with van der Waals surface area (Å²) < 4.78 is 43.2. The number of nitrogens with one attached hydrogen (secondary N) is 2. The number of Topliss-reactive ketones (excluding diaryl/α,β-unsaturated/α-hetero) is 1. The van der Waals surface area contributed by atoms with E-state index in [-0.39, 0.29) is 23.5 Å². The Morgan fingerprint density at radius 3 is 1.98 bits per heavy atom. The standard InChI is InChI=1S/C32H38F3N5O3/c33-32(34,35)22-43-31-39-28-20-16-23-9-11-25(12-10-23)21-36-29(42)8-6-4-2-1-3-5-7-27(41)19-15-24-13-17-26(18-14-24)37-30(38-28)40-31/h9-14,17-18H,1-8,15-16,19-22H2,(H,36,42)(H,37,38,39,40). The molecule has 4 heterocycles. The largest absolute Gasteiger partial charge is 0.454 e. The summed E-state index contributed by atoms with van der Waals surface area (Å²) in [6, 6.07) is 14.8. The highest BCUT2D eigenvalue weighted by Gasteiger charge is 2.29. The van der Waals surface area contributed by atoms with E-state index >= 15 is 0 Å². The molecule has 8 nitrogen and oxygen atoms in total. The van der Waals surface area contributed by atoms with E-state index in [1.807, 2.05) is 48.5 Å². The minimum absolute atomic E-state index is 0.0278. The molecule has 6 rings (SSSR count). The van der Waals surface area contributed by atoms with Gasteiger partial charge >= 0.3 is 12.2 Å². The molecule has 11 heteroatoms. The molecule has 2 aromatic carbocycles. The third kappa shape index (κ3) is 12.0. The van der Waals surface area contributed by atoms with Crippen LogP contribution in [0.25, 0.3) is 0 Å². The Morgan fingerprint density at radius 2 is 1.28 bits per heavy atom. The van der Waals surface area contributed by atoms with Crippen LogP contribution in [-0.4, -0.2) is 39.4 Å². The molecule has 0 radical (unpaired) electrons. The summed E-state index contributed by atoms with van der Waals surface area (Å²) >= 11 is 0. The molecule has 0 saturated carbocycles. The SMILES string of the molecule is O=C1CCCCCCCCC(=O)NCc2ccc(cc2)CCc2nc(nc(OCC(F)(F)F)n2)Nc2ccc(cc2)CC1. The predicted octanol–water partition coefficient (Wildman–Crippen LogP) is 6.59. The lowest BCUT2D eigenvalue weighted by atomic mass is 10.0. The molecule has 0 aliphatic carbocycles. The molecule has 0 saturated heterocycles. The number of nitrogens with zero attached hydrogens (tertiary/aromatic N) is 3. The van der Waals surface area contributed by atoms with Crippen molar-refractivity contribution in [3.63, 3.8) is 0 Å². The molecule has 0 atom stereocenters. The number of fused-ring (bicyclic) bond motifs is 2. The number of rotatable bonds is 2. The molecule has 3 aromatic rings. The van der Waals surface area contributed by atoms with Gasteiger partial charge in [-0.2, -0.15) is 28.1 Å². The van der Waals surface area contributed by atoms with Gasteiger partial charge in [0, 0.05) is 37.9 Å². The average Bonchev–Trinajstić information content (AvgIpc) is 2.98. The molecular formula is C32H38F3N5O3. The summed E-state index contributed by atoms with van der Waals surface area (Å²) in [5.41, 5.74) is 3.61. The molecule has 230 valence electrons. The zero-order valence-electron chi connectivity index (χ0n) is 24.2. The second-order valence-corrected chi connectivity index (χ2v) is 10.8. The van der Waals surface area contributed by atoms with Crippen LogP contribution in [0.1, 0.15) is 80.3 Å². The molecular weight excluding hydrogens is 559 g/mol. The van der Waals surface area contributed by atoms with Gasteiger partial charge in [0.1, 0.15) is 11.6 Å². The molecule has 1 amide bonds. The van der Waals surface area contributed by atoms with Crippen molar-refractivity contribution in [1.29, 1.82) is 0 Å². The third-order valence-corrected chi connectivity index (χ3v) is 7.19. The zero-order valence-corrected chi connectivity index (χ0v) is 24.2. The van der Waals surface area contributed by atoms with Gasteiger partial charge in [-0.3, -0.25) is 9.59 Å². The maximum atomic E-state index is 12.8. The Hall–Kier alpha value is -4.02. The van der Waals surface area contributed by atoms with Gasteiger partial charge in [-0.1, -0.05) is 62.1 Å². The lowest BCUT2D eigenvalue weighted by molar-refractivity contribution is -0.154. The molecule has 1 aromatic heterocycles. The Morgan fingerprint density at radius 1 is 0.674 bits per heavy atom. The smallest absolute Gasteiger partial charge is 0.422 e. The number of carbonyl (C=O) groups is 2. The van der Waals surface area contributed by atoms with Crippen LogP contribution in [0.5, 0.6) is 6.01 Å². The molecule has 43 heavy (non-hydrogen) atoms. The van der Waals surface area contributed by atoms with Crippen LogP contribution in [0.2, 0.25) is 0 Å². The fourth-order valence-corrected chi connectivity index (χ4v) is 4.75. The predicted molar refractivity (Wildman–Crippen MR) is 157 cm³/mol. The van der Waals surface area contributed by atoms with Gasteiger partial charge < -0.3 is 15.4 Å². The first-order valence-electron chi connectivity index (χ1n) is 14.9. The molecule has 0 unspecified atom stereocenters. The van der Waals surface area contributed by atoms with Gasteiger partial charge in [-0.15, -0.1) is 0 Å². The van der Waals surface area contributed by atoms with Crippen LogP contribution in [0.15, 0.2) is 48.5 Å². The number of aryl methyl sites for hydroxylation is 3. The van der Waals surface area contributed by atoms with Crippen LogP contribution < -0.4 is 15.4 Å². The van der Waals surface area contributed by atoms with E-state index in [1.54, 1.807) is 0 Å². The monoisotopic (exact) mass is 597 g/mol. The zero-order chi connectivity index (χ0) is 30.5. The van der Waals surface area contributed by atoms with E-state index in [9.17, 15) is 22.8 Å². The van der Waals surface area contributed by atoms with Crippen LogP contribution >= 0.6 is 0 Å². The summed E-state index contributed by atoms with van der Waals surface area (Å²) in [7, 11) is 0. The van der Waals surface area contributed by atoms with Crippen LogP contribution in [0, 0.1) is 0 Å². The molecule has 3 aliphatic heterocycles. The fraction of sp³-hybridized carbons (Fsp3) is 0.469. The Kier molecular flexibility index (Phi) is 11.9. The fourth-order valence-electron chi connectivity index (χ4n) is 4.75. The summed E-state index contributed by atoms with van der Waals surface area (Å²) in [6.07, 6.45) is 4.40. The third-order valence-electron chi connectivity index (χ3n) is 7.19. The summed E-state index contributed by atoms with van der Waals surface area (Å²) in [4.78, 5) is 37.1. The van der Waals surface area contributed by atoms with Crippen molar-refractivity contribution in [3.8, 4) is 6.01 Å². The van der Waals surface area contributed by atoms with Gasteiger partial charge in [-0.25, -0.2) is 0 Å². The average molecular weight is 598 g/mol. The van der Waals surface area contributed by atoms with Crippen molar-refractivity contribution in [3.05, 3.63) is 71.0 Å². The lowest BCUT2D eigenvalue weighted by Gasteiger charge is -2.12. The van der Waals surface area contributed by atoms with Crippen molar-refractivity contribution in [2.24, 2.45) is 0 Å². The number of halogens is 3. The van der Waals surface area contributed by atoms with E-state index in [0.29, 0.717) is 50.8 Å². The topological polar surface area (TPSA) is 106 Å². The van der Waals surface area contributed by atoms with E-state index in [1.165, 1.54) is 0 Å². The highest BCUT2D eigenvalue weighted by molar-refractivity contribution is 5.78. The minimum atomic E-state index is -4.53. The number of ether oxygens (including phenoxy) is 1. The number of hydrogen-bond donors (Lipinski definition) is 2. The number of carbonyl (C=O) groups excluding carboxylic acids is 2. The molecule has 0 fully saturated rings. The van der Waals surface area contributed by atoms with Gasteiger partial charge in [0.05, 0.1) is 0 Å². The molecule has 6 bridgehead atoms. The number of amides is 1. The van der Waals surface area contributed by atoms with Gasteiger partial charge in [0.15, 0.2) is 6.61 Å². The van der Waals surface area contributed by atoms with E-state index in [4.69, 9.17) is 4.74 Å². The van der Waals surface area contributed by atoms with Crippen LogP contribution in [0.3, 0.4) is 0 Å². The van der Waals surface area contributed by atoms with Crippen molar-refractivity contribution >= 4 is 23.3 Å². The first kappa shape index (κ1) is 31.9. The van der Waals surface area contributed by atoms with Crippen molar-refractivity contribution in [1.82, 2.24) is 20.3 Å². The molecule has 3 aliphatic rings. The summed E-state index contributed by atoms with van der Waals surface area (Å²) in [5.74, 6) is 0.629. The van der Waals surface area contributed by atoms with Crippen molar-refractivity contribution in [2.75, 3.05) is 11.9 Å². The maximum absolute atomic E-state index is 12.8. The number of aromatic nitrogens is 3. The quantitative estimate of drug-likeness (QED) is 0.343. The summed E-state index contributed by atoms with van der Waals surface area (Å²) in [5, 5.41) is 5.99. The van der Waals surface area contributed by atoms with Gasteiger partial charge in [0.2, 0.25) is 11.9 Å². The van der Waals surface area contributed by atoms with Gasteiger partial charge in [0.25, 0.3) is 0 Å². The number of anilines is 2. The van der Waals surface area contributed by atoms with Crippen LogP contribution in [0.4, 0.5) is 24.8 Å². The normalized spacial score (nSPS) is 16.5. The number of hydrogen-bond acceptors (Lipinski definition) is 7. The molecule has 2 N–H and O–H groups in total. The first-order chi connectivity index (χ1) is 20.7. The van der Waals surface area contributed by atoms with Crippen molar-refractivity contribution < 1.29 is 27.5 Å². The lowest BCUT2D eigenvalue weighted by Crippen LogP contribution is -2.22. The maximum Gasteiger partial charge on any atom is 0.422 e. The van der Waals surface area contributed by atoms with Gasteiger partial charge in [-0.05, 0) is 54.5 Å². The number of ketones is 1. The summed E-state index contributed by atoms with van der Waals surface area (Å²) in [6.45, 7) is -1.07. The Labute approximate surface area is 249 Å². The molecule has 0 spiro atoms. The van der Waals surface area contributed by atoms with E-state index in [2.05, 4.69) is 25.6 Å². The second kappa shape index (κ2) is 16.0. The van der Waals surface area contributed by atoms with E-state index in [0.717, 1.165) is 55.2 Å². The Balaban J connectivity index is 1.47. The van der Waals surface area contributed by atoms with Crippen LogP contribution in [-0.2, 0) is 35.4 Å². The number of alkyl halides is 3. The van der Waals surface area contributed by atoms with E-state index < -0.39 is 18.8 Å². The van der Waals surface area contributed by atoms with Crippen molar-refractivity contribution in [2.45, 2.75) is 89.8 Å².